The van der Waals surface area contributed by atoms with E-state index in [0.29, 0.717) is 0 Å². The third kappa shape index (κ3) is 1.63. The maximum absolute atomic E-state index is 2.62. The highest BCUT2D eigenvalue weighted by Gasteiger charge is 2.42. The first-order valence-corrected chi connectivity index (χ1v) is 5.83. The Morgan fingerprint density at radius 1 is 1.23 bits per heavy atom. The molecule has 1 aliphatic carbocycles. The van der Waals surface area contributed by atoms with Crippen molar-refractivity contribution >= 4 is 0 Å². The van der Waals surface area contributed by atoms with E-state index < -0.39 is 0 Å². The van der Waals surface area contributed by atoms with E-state index in [0.717, 1.165) is 17.4 Å². The van der Waals surface area contributed by atoms with Crippen LogP contribution in [0.3, 0.4) is 0 Å². The molecule has 2 fully saturated rings. The Kier molecular flexibility index (Phi) is 2.39. The van der Waals surface area contributed by atoms with Gasteiger partial charge in [0.05, 0.1) is 0 Å². The first-order chi connectivity index (χ1) is 6.13. The molecule has 13 heavy (non-hydrogen) atoms. The van der Waals surface area contributed by atoms with Crippen LogP contribution in [0.15, 0.2) is 0 Å². The zero-order valence-electron chi connectivity index (χ0n) is 9.34. The summed E-state index contributed by atoms with van der Waals surface area (Å²) < 4.78 is 0. The zero-order valence-corrected chi connectivity index (χ0v) is 9.34. The second-order valence-corrected chi connectivity index (χ2v) is 5.62. The molecule has 0 N–H and O–H groups in total. The minimum absolute atomic E-state index is 0.764. The lowest BCUT2D eigenvalue weighted by molar-refractivity contribution is -0.0106. The van der Waals surface area contributed by atoms with Gasteiger partial charge in [-0.2, -0.15) is 0 Å². The molecule has 0 bridgehead atoms. The predicted molar refractivity (Wildman–Crippen MR) is 56.8 cm³/mol. The Labute approximate surface area is 82.5 Å². The zero-order chi connectivity index (χ0) is 9.47. The molecule has 1 aliphatic heterocycles. The van der Waals surface area contributed by atoms with E-state index in [9.17, 15) is 0 Å². The van der Waals surface area contributed by atoms with Gasteiger partial charge in [0.15, 0.2) is 0 Å². The standard InChI is InChI=1S/C12H23N/c1-10(2)11-5-8-12(6-4-7-12)9-13(11)3/h10-11H,4-9H2,1-3H3/t11-/m1/s1. The SMILES string of the molecule is CC(C)[C@H]1CCC2(CCC2)CN1C. The molecule has 76 valence electrons. The van der Waals surface area contributed by atoms with E-state index in [1.165, 1.54) is 38.6 Å². The molecule has 1 saturated heterocycles. The van der Waals surface area contributed by atoms with Gasteiger partial charge in [-0.3, -0.25) is 0 Å². The maximum atomic E-state index is 2.62. The average Bonchev–Trinajstić information content (AvgIpc) is 2.00. The van der Waals surface area contributed by atoms with Crippen LogP contribution < -0.4 is 0 Å². The molecular formula is C12H23N. The molecule has 0 radical (unpaired) electrons. The topological polar surface area (TPSA) is 3.24 Å². The Morgan fingerprint density at radius 2 is 1.92 bits per heavy atom. The summed E-state index contributed by atoms with van der Waals surface area (Å²) in [5.41, 5.74) is 0.764. The minimum Gasteiger partial charge on any atom is -0.303 e. The molecule has 1 heteroatoms. The second-order valence-electron chi connectivity index (χ2n) is 5.62. The van der Waals surface area contributed by atoms with Gasteiger partial charge in [0.2, 0.25) is 0 Å². The molecule has 1 atom stereocenters. The van der Waals surface area contributed by atoms with Gasteiger partial charge in [0.1, 0.15) is 0 Å². The molecule has 0 unspecified atom stereocenters. The van der Waals surface area contributed by atoms with E-state index in [1.807, 2.05) is 0 Å². The number of hydrogen-bond acceptors (Lipinski definition) is 1. The molecule has 1 nitrogen and oxygen atoms in total. The highest BCUT2D eigenvalue weighted by Crippen LogP contribution is 2.48. The van der Waals surface area contributed by atoms with Gasteiger partial charge in [0.25, 0.3) is 0 Å². The van der Waals surface area contributed by atoms with Gasteiger partial charge in [0, 0.05) is 12.6 Å². The first-order valence-electron chi connectivity index (χ1n) is 5.83. The van der Waals surface area contributed by atoms with E-state index in [4.69, 9.17) is 0 Å². The van der Waals surface area contributed by atoms with Gasteiger partial charge in [-0.25, -0.2) is 0 Å². The first kappa shape index (κ1) is 9.51. The smallest absolute Gasteiger partial charge is 0.0116 e. The molecule has 2 rings (SSSR count). The van der Waals surface area contributed by atoms with Crippen LogP contribution in [-0.4, -0.2) is 24.5 Å². The monoisotopic (exact) mass is 181 g/mol. The number of piperidine rings is 1. The van der Waals surface area contributed by atoms with Gasteiger partial charge >= 0.3 is 0 Å². The minimum atomic E-state index is 0.764. The summed E-state index contributed by atoms with van der Waals surface area (Å²) in [6, 6.07) is 0.853. The summed E-state index contributed by atoms with van der Waals surface area (Å²) in [6.07, 6.45) is 7.43. The summed E-state index contributed by atoms with van der Waals surface area (Å²) in [5, 5.41) is 0. The normalized spacial score (nSPS) is 33.7. The second kappa shape index (κ2) is 3.27. The van der Waals surface area contributed by atoms with Gasteiger partial charge in [-0.1, -0.05) is 20.3 Å². The van der Waals surface area contributed by atoms with Gasteiger partial charge in [-0.05, 0) is 44.1 Å². The Balaban J connectivity index is 1.95. The highest BCUT2D eigenvalue weighted by atomic mass is 15.1. The lowest BCUT2D eigenvalue weighted by Crippen LogP contribution is -2.51. The lowest BCUT2D eigenvalue weighted by Gasteiger charge is -2.52. The number of rotatable bonds is 1. The van der Waals surface area contributed by atoms with Crippen LogP contribution in [0.2, 0.25) is 0 Å². The third-order valence-electron chi connectivity index (χ3n) is 4.31. The van der Waals surface area contributed by atoms with Crippen molar-refractivity contribution in [1.29, 1.82) is 0 Å². The maximum Gasteiger partial charge on any atom is 0.0116 e. The quantitative estimate of drug-likeness (QED) is 0.601. The largest absolute Gasteiger partial charge is 0.303 e. The Bertz CT molecular complexity index is 182. The summed E-state index contributed by atoms with van der Waals surface area (Å²) in [6.45, 7) is 6.09. The molecule has 1 heterocycles. The van der Waals surface area contributed by atoms with Crippen LogP contribution in [0.5, 0.6) is 0 Å². The molecular weight excluding hydrogens is 158 g/mol. The van der Waals surface area contributed by atoms with Crippen LogP contribution in [-0.2, 0) is 0 Å². The van der Waals surface area contributed by atoms with Crippen molar-refractivity contribution in [2.45, 2.75) is 52.0 Å². The molecule has 0 aromatic heterocycles. The lowest BCUT2D eigenvalue weighted by atomic mass is 9.63. The summed E-state index contributed by atoms with van der Waals surface area (Å²) in [4.78, 5) is 2.62. The van der Waals surface area contributed by atoms with Crippen molar-refractivity contribution in [3.05, 3.63) is 0 Å². The van der Waals surface area contributed by atoms with Crippen molar-refractivity contribution in [2.24, 2.45) is 11.3 Å². The van der Waals surface area contributed by atoms with Crippen LogP contribution in [0, 0.1) is 11.3 Å². The number of likely N-dealkylation sites (tertiary alicyclic amines) is 1. The highest BCUT2D eigenvalue weighted by molar-refractivity contribution is 4.96. The molecule has 1 spiro atoms. The predicted octanol–water partition coefficient (Wildman–Crippen LogP) is 2.91. The van der Waals surface area contributed by atoms with E-state index in [-0.39, 0.29) is 0 Å². The molecule has 0 aromatic carbocycles. The average molecular weight is 181 g/mol. The summed E-state index contributed by atoms with van der Waals surface area (Å²) >= 11 is 0. The van der Waals surface area contributed by atoms with Crippen molar-refractivity contribution in [2.75, 3.05) is 13.6 Å². The Hall–Kier alpha value is -0.0400. The van der Waals surface area contributed by atoms with E-state index >= 15 is 0 Å². The number of nitrogens with zero attached hydrogens (tertiary/aromatic N) is 1. The summed E-state index contributed by atoms with van der Waals surface area (Å²) in [5.74, 6) is 0.836. The van der Waals surface area contributed by atoms with Crippen LogP contribution >= 0.6 is 0 Å². The fourth-order valence-corrected chi connectivity index (χ4v) is 3.33. The fourth-order valence-electron chi connectivity index (χ4n) is 3.33. The fraction of sp³-hybridized carbons (Fsp3) is 1.00. The molecule has 2 aliphatic rings. The van der Waals surface area contributed by atoms with Gasteiger partial charge < -0.3 is 4.90 Å². The Morgan fingerprint density at radius 3 is 2.31 bits per heavy atom. The van der Waals surface area contributed by atoms with E-state index in [1.54, 1.807) is 0 Å². The van der Waals surface area contributed by atoms with Crippen LogP contribution in [0.1, 0.15) is 46.0 Å². The third-order valence-corrected chi connectivity index (χ3v) is 4.31. The van der Waals surface area contributed by atoms with Crippen molar-refractivity contribution < 1.29 is 0 Å². The van der Waals surface area contributed by atoms with Crippen molar-refractivity contribution in [3.63, 3.8) is 0 Å². The molecule has 1 saturated carbocycles. The number of hydrogen-bond donors (Lipinski definition) is 0. The molecule has 0 amide bonds. The van der Waals surface area contributed by atoms with Crippen LogP contribution in [0.25, 0.3) is 0 Å². The summed E-state index contributed by atoms with van der Waals surface area (Å²) in [7, 11) is 2.32. The van der Waals surface area contributed by atoms with E-state index in [2.05, 4.69) is 25.8 Å². The van der Waals surface area contributed by atoms with Crippen molar-refractivity contribution in [3.8, 4) is 0 Å². The van der Waals surface area contributed by atoms with Gasteiger partial charge in [-0.15, -0.1) is 0 Å². The van der Waals surface area contributed by atoms with Crippen LogP contribution in [0.4, 0.5) is 0 Å². The van der Waals surface area contributed by atoms with Crippen molar-refractivity contribution in [1.82, 2.24) is 4.90 Å². The molecule has 0 aromatic rings.